The van der Waals surface area contributed by atoms with E-state index in [1.807, 2.05) is 6.07 Å². The van der Waals surface area contributed by atoms with Crippen LogP contribution in [0, 0.1) is 5.41 Å². The number of Topliss-reactive ketones (excluding diaryl/α,β-unsaturated/α-hetero) is 1. The number of rotatable bonds is 13. The average Bonchev–Trinajstić information content (AvgIpc) is 2.74. The minimum atomic E-state index is -1.14. The Hall–Kier alpha value is -3.56. The summed E-state index contributed by atoms with van der Waals surface area (Å²) >= 11 is 0. The Kier molecular flexibility index (Phi) is 11.2. The SMILES string of the molecule is CCOC(=O)CNC(=O)[C@H](CCC(=O)C=N)NC(=O)[C@H](Cc1ccccc1)NC(C)=O. The lowest BCUT2D eigenvalue weighted by Gasteiger charge is -2.22. The zero-order valence-electron chi connectivity index (χ0n) is 17.6. The van der Waals surface area contributed by atoms with Crippen molar-refractivity contribution in [2.24, 2.45) is 0 Å². The minimum absolute atomic E-state index is 0.0766. The molecule has 0 heterocycles. The third-order valence-electron chi connectivity index (χ3n) is 4.16. The fraction of sp³-hybridized carbons (Fsp3) is 0.429. The molecule has 0 aliphatic carbocycles. The van der Waals surface area contributed by atoms with Crippen LogP contribution in [0.4, 0.5) is 0 Å². The Morgan fingerprint density at radius 3 is 2.29 bits per heavy atom. The van der Waals surface area contributed by atoms with E-state index in [2.05, 4.69) is 16.0 Å². The predicted octanol–water partition coefficient (Wildman–Crippen LogP) is -0.103. The number of benzene rings is 1. The highest BCUT2D eigenvalue weighted by Crippen LogP contribution is 2.06. The van der Waals surface area contributed by atoms with Crippen molar-refractivity contribution in [3.05, 3.63) is 35.9 Å². The van der Waals surface area contributed by atoms with Crippen molar-refractivity contribution >= 4 is 35.7 Å². The first-order chi connectivity index (χ1) is 14.8. The summed E-state index contributed by atoms with van der Waals surface area (Å²) in [6, 6.07) is 6.93. The average molecular weight is 432 g/mol. The van der Waals surface area contributed by atoms with E-state index >= 15 is 0 Å². The molecule has 0 radical (unpaired) electrons. The monoisotopic (exact) mass is 432 g/mol. The number of nitrogens with one attached hydrogen (secondary N) is 4. The molecule has 0 spiro atoms. The number of hydrogen-bond acceptors (Lipinski definition) is 7. The van der Waals surface area contributed by atoms with Gasteiger partial charge in [-0.25, -0.2) is 0 Å². The summed E-state index contributed by atoms with van der Waals surface area (Å²) in [4.78, 5) is 59.9. The zero-order valence-corrected chi connectivity index (χ0v) is 17.6. The Morgan fingerprint density at radius 2 is 1.71 bits per heavy atom. The largest absolute Gasteiger partial charge is 0.465 e. The quantitative estimate of drug-likeness (QED) is 0.252. The molecule has 0 aliphatic rings. The molecule has 10 heteroatoms. The van der Waals surface area contributed by atoms with E-state index in [0.717, 1.165) is 5.56 Å². The molecule has 0 aliphatic heterocycles. The molecule has 1 rings (SSSR count). The predicted molar refractivity (Wildman–Crippen MR) is 112 cm³/mol. The van der Waals surface area contributed by atoms with E-state index < -0.39 is 48.1 Å². The number of esters is 1. The van der Waals surface area contributed by atoms with Crippen LogP contribution in [0.25, 0.3) is 0 Å². The molecule has 0 saturated heterocycles. The van der Waals surface area contributed by atoms with E-state index in [-0.39, 0.29) is 25.9 Å². The highest BCUT2D eigenvalue weighted by molar-refractivity contribution is 6.26. The van der Waals surface area contributed by atoms with E-state index in [0.29, 0.717) is 6.21 Å². The van der Waals surface area contributed by atoms with Gasteiger partial charge in [0.15, 0.2) is 5.78 Å². The molecule has 0 fully saturated rings. The van der Waals surface area contributed by atoms with Crippen LogP contribution in [-0.4, -0.2) is 60.9 Å². The van der Waals surface area contributed by atoms with Gasteiger partial charge in [0.05, 0.1) is 12.8 Å². The lowest BCUT2D eigenvalue weighted by Crippen LogP contribution is -2.54. The fourth-order valence-corrected chi connectivity index (χ4v) is 2.70. The lowest BCUT2D eigenvalue weighted by molar-refractivity contribution is -0.143. The molecular weight excluding hydrogens is 404 g/mol. The standard InChI is InChI=1S/C21H28N4O6/c1-3-31-19(28)13-23-20(29)17(10-9-16(27)12-22)25-21(30)18(24-14(2)26)11-15-7-5-4-6-8-15/h4-8,12,17-18,22H,3,9-11,13H2,1-2H3,(H,23,29)(H,24,26)(H,25,30)/t17-,18-/m0/s1. The van der Waals surface area contributed by atoms with Crippen molar-refractivity contribution in [2.45, 2.75) is 45.2 Å². The summed E-state index contributed by atoms with van der Waals surface area (Å²) in [6.07, 6.45) is 0.602. The maximum absolute atomic E-state index is 12.8. The first kappa shape index (κ1) is 25.5. The molecular formula is C21H28N4O6. The van der Waals surface area contributed by atoms with Gasteiger partial charge in [0.1, 0.15) is 18.6 Å². The number of ketones is 1. The summed E-state index contributed by atoms with van der Waals surface area (Å²) in [5, 5.41) is 14.4. The van der Waals surface area contributed by atoms with Crippen molar-refractivity contribution in [2.75, 3.05) is 13.2 Å². The van der Waals surface area contributed by atoms with Gasteiger partial charge in [-0.3, -0.25) is 24.0 Å². The Morgan fingerprint density at radius 1 is 1.03 bits per heavy atom. The third kappa shape index (κ3) is 10.2. The first-order valence-corrected chi connectivity index (χ1v) is 9.84. The fourth-order valence-electron chi connectivity index (χ4n) is 2.70. The van der Waals surface area contributed by atoms with Gasteiger partial charge in [-0.1, -0.05) is 30.3 Å². The zero-order chi connectivity index (χ0) is 23.2. The van der Waals surface area contributed by atoms with Gasteiger partial charge in [-0.05, 0) is 18.9 Å². The second kappa shape index (κ2) is 13.6. The number of ether oxygens (including phenoxy) is 1. The molecule has 0 unspecified atom stereocenters. The van der Waals surface area contributed by atoms with E-state index in [9.17, 15) is 24.0 Å². The maximum Gasteiger partial charge on any atom is 0.325 e. The maximum atomic E-state index is 12.8. The van der Waals surface area contributed by atoms with Gasteiger partial charge in [0.2, 0.25) is 17.7 Å². The van der Waals surface area contributed by atoms with Crippen LogP contribution < -0.4 is 16.0 Å². The highest BCUT2D eigenvalue weighted by atomic mass is 16.5. The topological polar surface area (TPSA) is 155 Å². The van der Waals surface area contributed by atoms with Gasteiger partial charge in [0.25, 0.3) is 0 Å². The first-order valence-electron chi connectivity index (χ1n) is 9.84. The van der Waals surface area contributed by atoms with Gasteiger partial charge >= 0.3 is 5.97 Å². The molecule has 0 bridgehead atoms. The van der Waals surface area contributed by atoms with E-state index in [1.54, 1.807) is 31.2 Å². The molecule has 10 nitrogen and oxygen atoms in total. The van der Waals surface area contributed by atoms with E-state index in [4.69, 9.17) is 10.1 Å². The van der Waals surface area contributed by atoms with Crippen LogP contribution in [0.2, 0.25) is 0 Å². The Balaban J connectivity index is 2.90. The van der Waals surface area contributed by atoms with Crippen molar-refractivity contribution in [3.8, 4) is 0 Å². The number of amides is 3. The molecule has 1 aromatic carbocycles. The van der Waals surface area contributed by atoms with E-state index in [1.165, 1.54) is 6.92 Å². The number of carbonyl (C=O) groups is 5. The second-order valence-corrected chi connectivity index (χ2v) is 6.68. The van der Waals surface area contributed by atoms with Crippen LogP contribution >= 0.6 is 0 Å². The summed E-state index contributed by atoms with van der Waals surface area (Å²) < 4.78 is 4.74. The number of carbonyl (C=O) groups excluding carboxylic acids is 5. The summed E-state index contributed by atoms with van der Waals surface area (Å²) in [5.74, 6) is -2.87. The summed E-state index contributed by atoms with van der Waals surface area (Å²) in [5.41, 5.74) is 0.804. The highest BCUT2D eigenvalue weighted by Gasteiger charge is 2.27. The van der Waals surface area contributed by atoms with Crippen LogP contribution in [0.15, 0.2) is 30.3 Å². The minimum Gasteiger partial charge on any atom is -0.465 e. The van der Waals surface area contributed by atoms with Crippen LogP contribution in [0.1, 0.15) is 32.3 Å². The molecule has 31 heavy (non-hydrogen) atoms. The van der Waals surface area contributed by atoms with Gasteiger partial charge in [0, 0.05) is 19.8 Å². The normalized spacial score (nSPS) is 12.1. The van der Waals surface area contributed by atoms with Gasteiger partial charge < -0.3 is 26.1 Å². The van der Waals surface area contributed by atoms with Crippen molar-refractivity contribution in [3.63, 3.8) is 0 Å². The molecule has 1 aromatic rings. The van der Waals surface area contributed by atoms with Gasteiger partial charge in [-0.15, -0.1) is 0 Å². The third-order valence-corrected chi connectivity index (χ3v) is 4.16. The molecule has 4 N–H and O–H groups in total. The van der Waals surface area contributed by atoms with Crippen LogP contribution in [-0.2, 0) is 35.1 Å². The summed E-state index contributed by atoms with van der Waals surface area (Å²) in [7, 11) is 0. The van der Waals surface area contributed by atoms with Gasteiger partial charge in [-0.2, -0.15) is 0 Å². The smallest absolute Gasteiger partial charge is 0.325 e. The van der Waals surface area contributed by atoms with Crippen molar-refractivity contribution in [1.82, 2.24) is 16.0 Å². The molecule has 3 amide bonds. The Labute approximate surface area is 180 Å². The van der Waals surface area contributed by atoms with Crippen molar-refractivity contribution in [1.29, 1.82) is 5.41 Å². The van der Waals surface area contributed by atoms with Crippen LogP contribution in [0.5, 0.6) is 0 Å². The molecule has 0 aromatic heterocycles. The Bertz CT molecular complexity index is 796. The second-order valence-electron chi connectivity index (χ2n) is 6.68. The summed E-state index contributed by atoms with van der Waals surface area (Å²) in [6.45, 7) is 2.66. The lowest BCUT2D eigenvalue weighted by atomic mass is 10.0. The van der Waals surface area contributed by atoms with Crippen molar-refractivity contribution < 1.29 is 28.7 Å². The molecule has 0 saturated carbocycles. The number of hydrogen-bond donors (Lipinski definition) is 4. The van der Waals surface area contributed by atoms with Crippen LogP contribution in [0.3, 0.4) is 0 Å². The molecule has 2 atom stereocenters. The molecule has 168 valence electrons.